The highest BCUT2D eigenvalue weighted by atomic mass is 32.2. The van der Waals surface area contributed by atoms with Gasteiger partial charge >= 0.3 is 0 Å². The highest BCUT2D eigenvalue weighted by Crippen LogP contribution is 2.23. The summed E-state index contributed by atoms with van der Waals surface area (Å²) in [4.78, 5) is 0. The molecule has 1 aliphatic rings. The van der Waals surface area contributed by atoms with Crippen LogP contribution in [0.4, 0.5) is 0 Å². The summed E-state index contributed by atoms with van der Waals surface area (Å²) in [5.74, 6) is 1.33. The van der Waals surface area contributed by atoms with E-state index in [0.29, 0.717) is 24.3 Å². The minimum atomic E-state index is -3.48. The van der Waals surface area contributed by atoms with Crippen molar-refractivity contribution in [1.29, 1.82) is 0 Å². The number of furan rings is 1. The zero-order valence-electron chi connectivity index (χ0n) is 13.1. The second-order valence-corrected chi connectivity index (χ2v) is 8.19. The fourth-order valence-corrected chi connectivity index (χ4v) is 3.61. The lowest BCUT2D eigenvalue weighted by atomic mass is 9.97. The molecule has 1 aliphatic carbocycles. The summed E-state index contributed by atoms with van der Waals surface area (Å²) in [7, 11) is -0.471. The monoisotopic (exact) mass is 314 g/mol. The van der Waals surface area contributed by atoms with Crippen LogP contribution >= 0.6 is 0 Å². The lowest BCUT2D eigenvalue weighted by Crippen LogP contribution is -2.33. The first-order valence-corrected chi connectivity index (χ1v) is 9.10. The molecule has 21 heavy (non-hydrogen) atoms. The van der Waals surface area contributed by atoms with E-state index in [-0.39, 0.29) is 5.09 Å². The Labute approximate surface area is 127 Å². The predicted octanol–water partition coefficient (Wildman–Crippen LogP) is 2.59. The minimum Gasteiger partial charge on any atom is -0.447 e. The third kappa shape index (κ3) is 4.08. The number of hydrogen-bond donors (Lipinski definition) is 1. The summed E-state index contributed by atoms with van der Waals surface area (Å²) in [6.07, 6.45) is 6.33. The van der Waals surface area contributed by atoms with E-state index in [9.17, 15) is 8.42 Å². The summed E-state index contributed by atoms with van der Waals surface area (Å²) in [5, 5.41) is 3.53. The largest absolute Gasteiger partial charge is 0.447 e. The Morgan fingerprint density at radius 3 is 2.67 bits per heavy atom. The molecule has 0 saturated heterocycles. The van der Waals surface area contributed by atoms with Crippen LogP contribution in [0.15, 0.2) is 21.6 Å². The van der Waals surface area contributed by atoms with Gasteiger partial charge in [-0.1, -0.05) is 26.2 Å². The quantitative estimate of drug-likeness (QED) is 0.849. The van der Waals surface area contributed by atoms with Crippen LogP contribution in [-0.4, -0.2) is 32.9 Å². The van der Waals surface area contributed by atoms with Crippen molar-refractivity contribution in [3.63, 3.8) is 0 Å². The number of nitrogens with zero attached hydrogens (tertiary/aromatic N) is 1. The molecular formula is C15H26N2O3S. The third-order valence-corrected chi connectivity index (χ3v) is 5.96. The van der Waals surface area contributed by atoms with Crippen molar-refractivity contribution < 1.29 is 12.8 Å². The number of sulfonamides is 1. The van der Waals surface area contributed by atoms with E-state index >= 15 is 0 Å². The molecule has 0 spiro atoms. The van der Waals surface area contributed by atoms with Crippen LogP contribution in [0.2, 0.25) is 0 Å². The molecule has 0 bridgehead atoms. The van der Waals surface area contributed by atoms with Gasteiger partial charge in [0, 0.05) is 20.1 Å². The molecule has 5 nitrogen and oxygen atoms in total. The van der Waals surface area contributed by atoms with Gasteiger partial charge in [0.05, 0.1) is 6.54 Å². The normalized spacial score (nSPS) is 24.2. The predicted molar refractivity (Wildman–Crippen MR) is 82.5 cm³/mol. The highest BCUT2D eigenvalue weighted by molar-refractivity contribution is 7.88. The van der Waals surface area contributed by atoms with Crippen molar-refractivity contribution in [1.82, 2.24) is 9.62 Å². The number of rotatable bonds is 5. The summed E-state index contributed by atoms with van der Waals surface area (Å²) in [5.41, 5.74) is 0. The SMILES string of the molecule is CC1CCCCCC1NCc1ccc(S(=O)(=O)N(C)C)o1. The van der Waals surface area contributed by atoms with Crippen molar-refractivity contribution in [2.24, 2.45) is 5.92 Å². The first-order chi connectivity index (χ1) is 9.91. The topological polar surface area (TPSA) is 62.6 Å². The maximum atomic E-state index is 12.0. The Morgan fingerprint density at radius 1 is 1.24 bits per heavy atom. The lowest BCUT2D eigenvalue weighted by Gasteiger charge is -2.22. The maximum Gasteiger partial charge on any atom is 0.275 e. The van der Waals surface area contributed by atoms with Crippen LogP contribution in [0.3, 0.4) is 0 Å². The molecule has 6 heteroatoms. The summed E-state index contributed by atoms with van der Waals surface area (Å²) in [6, 6.07) is 3.76. The van der Waals surface area contributed by atoms with Gasteiger partial charge in [-0.3, -0.25) is 0 Å². The Morgan fingerprint density at radius 2 is 1.95 bits per heavy atom. The third-order valence-electron chi connectivity index (χ3n) is 4.27. The number of hydrogen-bond acceptors (Lipinski definition) is 4. The van der Waals surface area contributed by atoms with Crippen molar-refractivity contribution >= 4 is 10.0 Å². The van der Waals surface area contributed by atoms with E-state index in [1.807, 2.05) is 0 Å². The molecule has 1 fully saturated rings. The Kier molecular flexibility index (Phi) is 5.46. The first kappa shape index (κ1) is 16.5. The van der Waals surface area contributed by atoms with Gasteiger partial charge < -0.3 is 9.73 Å². The molecule has 120 valence electrons. The smallest absolute Gasteiger partial charge is 0.275 e. The van der Waals surface area contributed by atoms with Crippen LogP contribution in [-0.2, 0) is 16.6 Å². The molecule has 1 heterocycles. The van der Waals surface area contributed by atoms with E-state index < -0.39 is 10.0 Å². The highest BCUT2D eigenvalue weighted by Gasteiger charge is 2.23. The molecule has 2 atom stereocenters. The van der Waals surface area contributed by atoms with Gasteiger partial charge in [-0.2, -0.15) is 0 Å². The van der Waals surface area contributed by atoms with Gasteiger partial charge in [0.2, 0.25) is 5.09 Å². The molecule has 1 aromatic heterocycles. The van der Waals surface area contributed by atoms with Crippen LogP contribution < -0.4 is 5.32 Å². The van der Waals surface area contributed by atoms with Gasteiger partial charge in [0.15, 0.2) is 0 Å². The second-order valence-electron chi connectivity index (χ2n) is 6.11. The van der Waals surface area contributed by atoms with Gasteiger partial charge in [-0.25, -0.2) is 12.7 Å². The van der Waals surface area contributed by atoms with Crippen LogP contribution in [0.25, 0.3) is 0 Å². The molecule has 0 radical (unpaired) electrons. The molecule has 2 unspecified atom stereocenters. The van der Waals surface area contributed by atoms with Crippen molar-refractivity contribution in [3.05, 3.63) is 17.9 Å². The zero-order chi connectivity index (χ0) is 15.5. The summed E-state index contributed by atoms with van der Waals surface area (Å²) >= 11 is 0. The van der Waals surface area contributed by atoms with Crippen LogP contribution in [0.5, 0.6) is 0 Å². The standard InChI is InChI=1S/C15H26N2O3S/c1-12-7-5-4-6-8-14(12)16-11-13-9-10-15(20-13)21(18,19)17(2)3/h9-10,12,14,16H,4-8,11H2,1-3H3. The molecule has 0 aliphatic heterocycles. The summed E-state index contributed by atoms with van der Waals surface area (Å²) in [6.45, 7) is 2.87. The lowest BCUT2D eigenvalue weighted by molar-refractivity contribution is 0.328. The van der Waals surface area contributed by atoms with Gasteiger partial charge in [-0.15, -0.1) is 0 Å². The molecular weight excluding hydrogens is 288 g/mol. The van der Waals surface area contributed by atoms with E-state index in [4.69, 9.17) is 4.42 Å². The van der Waals surface area contributed by atoms with E-state index in [0.717, 1.165) is 4.31 Å². The number of nitrogens with one attached hydrogen (secondary N) is 1. The fourth-order valence-electron chi connectivity index (χ4n) is 2.80. The van der Waals surface area contributed by atoms with Crippen molar-refractivity contribution in [2.45, 2.75) is 56.7 Å². The van der Waals surface area contributed by atoms with E-state index in [1.165, 1.54) is 52.3 Å². The molecule has 0 aromatic carbocycles. The van der Waals surface area contributed by atoms with E-state index in [2.05, 4.69) is 12.2 Å². The van der Waals surface area contributed by atoms with Crippen LogP contribution in [0, 0.1) is 5.92 Å². The van der Waals surface area contributed by atoms with Gasteiger partial charge in [-0.05, 0) is 30.9 Å². The molecule has 1 aromatic rings. The zero-order valence-corrected chi connectivity index (χ0v) is 13.9. The second kappa shape index (κ2) is 6.94. The fraction of sp³-hybridized carbons (Fsp3) is 0.733. The Balaban J connectivity index is 1.97. The van der Waals surface area contributed by atoms with Crippen molar-refractivity contribution in [2.75, 3.05) is 14.1 Å². The summed E-state index contributed by atoms with van der Waals surface area (Å²) < 4.78 is 30.6. The molecule has 1 N–H and O–H groups in total. The average Bonchev–Trinajstić information content (AvgIpc) is 2.82. The maximum absolute atomic E-state index is 12.0. The van der Waals surface area contributed by atoms with E-state index in [1.54, 1.807) is 6.07 Å². The average molecular weight is 314 g/mol. The van der Waals surface area contributed by atoms with Gasteiger partial charge in [0.25, 0.3) is 10.0 Å². The Bertz CT molecular complexity index is 551. The molecule has 0 amide bonds. The Hall–Kier alpha value is -0.850. The van der Waals surface area contributed by atoms with Crippen LogP contribution in [0.1, 0.15) is 44.8 Å². The van der Waals surface area contributed by atoms with Gasteiger partial charge in [0.1, 0.15) is 5.76 Å². The minimum absolute atomic E-state index is 0.0122. The first-order valence-electron chi connectivity index (χ1n) is 7.66. The molecule has 1 saturated carbocycles. The molecule has 2 rings (SSSR count). The van der Waals surface area contributed by atoms with Crippen molar-refractivity contribution in [3.8, 4) is 0 Å².